The van der Waals surface area contributed by atoms with Crippen LogP contribution in [-0.2, 0) is 9.47 Å². The number of allylic oxidation sites excluding steroid dienone is 3. The standard InChI is InChI=1S/C13H20O3/c1-4-5-8-13(2)9-6-7-11(10-13)16-12(14)15-3/h4,10H,1,5-9H2,2-3H3/t13-/m0/s1. The largest absolute Gasteiger partial charge is 0.513 e. The summed E-state index contributed by atoms with van der Waals surface area (Å²) in [5, 5.41) is 0. The number of hydrogen-bond donors (Lipinski definition) is 0. The molecule has 0 N–H and O–H groups in total. The Morgan fingerprint density at radius 3 is 3.06 bits per heavy atom. The fraction of sp³-hybridized carbons (Fsp3) is 0.615. The molecule has 1 aliphatic carbocycles. The first kappa shape index (κ1) is 12.8. The average Bonchev–Trinajstić information content (AvgIpc) is 2.26. The van der Waals surface area contributed by atoms with E-state index in [2.05, 4.69) is 24.3 Å². The molecule has 0 heterocycles. The molecule has 0 aromatic rings. The third-order valence-electron chi connectivity index (χ3n) is 2.98. The van der Waals surface area contributed by atoms with Gasteiger partial charge < -0.3 is 9.47 Å². The molecule has 3 nitrogen and oxygen atoms in total. The molecule has 0 aromatic carbocycles. The Bertz CT molecular complexity index is 294. The number of ether oxygens (including phenoxy) is 2. The van der Waals surface area contributed by atoms with E-state index in [4.69, 9.17) is 4.74 Å². The summed E-state index contributed by atoms with van der Waals surface area (Å²) < 4.78 is 9.57. The van der Waals surface area contributed by atoms with E-state index in [1.54, 1.807) is 0 Å². The summed E-state index contributed by atoms with van der Waals surface area (Å²) in [6, 6.07) is 0. The van der Waals surface area contributed by atoms with Crippen molar-refractivity contribution < 1.29 is 14.3 Å². The van der Waals surface area contributed by atoms with Crippen LogP contribution in [0, 0.1) is 5.41 Å². The molecule has 16 heavy (non-hydrogen) atoms. The SMILES string of the molecule is C=CCC[C@]1(C)C=C(OC(=O)OC)CCC1. The first-order valence-electron chi connectivity index (χ1n) is 5.68. The number of carbonyl (C=O) groups is 1. The van der Waals surface area contributed by atoms with Gasteiger partial charge in [0.05, 0.1) is 7.11 Å². The van der Waals surface area contributed by atoms with Gasteiger partial charge in [-0.05, 0) is 37.2 Å². The maximum atomic E-state index is 11.0. The van der Waals surface area contributed by atoms with Gasteiger partial charge in [0, 0.05) is 6.42 Å². The van der Waals surface area contributed by atoms with E-state index < -0.39 is 6.16 Å². The lowest BCUT2D eigenvalue weighted by Crippen LogP contribution is -2.19. The summed E-state index contributed by atoms with van der Waals surface area (Å²) >= 11 is 0. The highest BCUT2D eigenvalue weighted by Crippen LogP contribution is 2.38. The molecular weight excluding hydrogens is 204 g/mol. The van der Waals surface area contributed by atoms with Gasteiger partial charge >= 0.3 is 6.16 Å². The highest BCUT2D eigenvalue weighted by molar-refractivity contribution is 5.61. The second-order valence-electron chi connectivity index (χ2n) is 4.50. The molecule has 0 aliphatic heterocycles. The van der Waals surface area contributed by atoms with Crippen LogP contribution in [0.2, 0.25) is 0 Å². The van der Waals surface area contributed by atoms with Crippen LogP contribution in [0.15, 0.2) is 24.5 Å². The third kappa shape index (κ3) is 3.72. The minimum Gasteiger partial charge on any atom is -0.437 e. The van der Waals surface area contributed by atoms with Crippen molar-refractivity contribution in [3.8, 4) is 0 Å². The van der Waals surface area contributed by atoms with E-state index in [1.165, 1.54) is 7.11 Å². The Balaban J connectivity index is 2.63. The van der Waals surface area contributed by atoms with E-state index >= 15 is 0 Å². The van der Waals surface area contributed by atoms with Gasteiger partial charge in [-0.1, -0.05) is 13.0 Å². The summed E-state index contributed by atoms with van der Waals surface area (Å²) in [5.74, 6) is 0.740. The Kier molecular flexibility index (Phi) is 4.59. The van der Waals surface area contributed by atoms with Gasteiger partial charge in [0.2, 0.25) is 0 Å². The highest BCUT2D eigenvalue weighted by atomic mass is 16.7. The monoisotopic (exact) mass is 224 g/mol. The van der Waals surface area contributed by atoms with E-state index in [-0.39, 0.29) is 5.41 Å². The van der Waals surface area contributed by atoms with E-state index in [9.17, 15) is 4.79 Å². The zero-order chi connectivity index (χ0) is 12.0. The molecule has 0 saturated heterocycles. The maximum Gasteiger partial charge on any atom is 0.513 e. The predicted octanol–water partition coefficient (Wildman–Crippen LogP) is 3.81. The lowest BCUT2D eigenvalue weighted by atomic mass is 9.77. The van der Waals surface area contributed by atoms with Crippen molar-refractivity contribution >= 4 is 6.16 Å². The zero-order valence-corrected chi connectivity index (χ0v) is 10.1. The summed E-state index contributed by atoms with van der Waals surface area (Å²) in [5.41, 5.74) is 0.121. The van der Waals surface area contributed by atoms with Crippen molar-refractivity contribution in [2.45, 2.75) is 39.0 Å². The summed E-state index contributed by atoms with van der Waals surface area (Å²) in [6.07, 6.45) is 8.40. The number of carbonyl (C=O) groups excluding carboxylic acids is 1. The fourth-order valence-electron chi connectivity index (χ4n) is 2.06. The molecule has 0 amide bonds. The molecule has 0 spiro atoms. The van der Waals surface area contributed by atoms with Crippen molar-refractivity contribution in [2.24, 2.45) is 5.41 Å². The first-order valence-corrected chi connectivity index (χ1v) is 5.68. The van der Waals surface area contributed by atoms with Crippen LogP contribution >= 0.6 is 0 Å². The van der Waals surface area contributed by atoms with Crippen molar-refractivity contribution in [3.63, 3.8) is 0 Å². The van der Waals surface area contributed by atoms with Crippen LogP contribution in [0.25, 0.3) is 0 Å². The van der Waals surface area contributed by atoms with Crippen molar-refractivity contribution in [2.75, 3.05) is 7.11 Å². The Morgan fingerprint density at radius 1 is 1.69 bits per heavy atom. The van der Waals surface area contributed by atoms with Gasteiger partial charge in [-0.25, -0.2) is 4.79 Å². The zero-order valence-electron chi connectivity index (χ0n) is 10.1. The molecule has 0 fully saturated rings. The predicted molar refractivity (Wildman–Crippen MR) is 63.0 cm³/mol. The minimum atomic E-state index is -0.626. The maximum absolute atomic E-state index is 11.0. The number of hydrogen-bond acceptors (Lipinski definition) is 3. The topological polar surface area (TPSA) is 35.5 Å². The number of rotatable bonds is 4. The van der Waals surface area contributed by atoms with Crippen LogP contribution in [-0.4, -0.2) is 13.3 Å². The third-order valence-corrected chi connectivity index (χ3v) is 2.98. The molecular formula is C13H20O3. The summed E-state index contributed by atoms with van der Waals surface area (Å²) in [6.45, 7) is 5.92. The summed E-state index contributed by atoms with van der Waals surface area (Å²) in [7, 11) is 1.32. The molecule has 0 unspecified atom stereocenters. The van der Waals surface area contributed by atoms with Crippen LogP contribution in [0.4, 0.5) is 4.79 Å². The van der Waals surface area contributed by atoms with Crippen LogP contribution in [0.1, 0.15) is 39.0 Å². The van der Waals surface area contributed by atoms with Crippen molar-refractivity contribution in [3.05, 3.63) is 24.5 Å². The van der Waals surface area contributed by atoms with E-state index in [1.807, 2.05) is 6.08 Å². The van der Waals surface area contributed by atoms with E-state index in [0.29, 0.717) is 0 Å². The quantitative estimate of drug-likeness (QED) is 0.538. The Labute approximate surface area is 97.1 Å². The van der Waals surface area contributed by atoms with Crippen LogP contribution in [0.5, 0.6) is 0 Å². The molecule has 0 saturated carbocycles. The smallest absolute Gasteiger partial charge is 0.437 e. The van der Waals surface area contributed by atoms with Gasteiger partial charge in [-0.2, -0.15) is 0 Å². The lowest BCUT2D eigenvalue weighted by molar-refractivity contribution is 0.0905. The Morgan fingerprint density at radius 2 is 2.44 bits per heavy atom. The molecule has 0 radical (unpaired) electrons. The van der Waals surface area contributed by atoms with Gasteiger partial charge in [-0.3, -0.25) is 0 Å². The minimum absolute atomic E-state index is 0.121. The normalized spacial score (nSPS) is 24.5. The average molecular weight is 224 g/mol. The fourth-order valence-corrected chi connectivity index (χ4v) is 2.06. The van der Waals surface area contributed by atoms with Crippen LogP contribution < -0.4 is 0 Å². The molecule has 90 valence electrons. The molecule has 0 aromatic heterocycles. The highest BCUT2D eigenvalue weighted by Gasteiger charge is 2.26. The molecule has 3 heteroatoms. The first-order chi connectivity index (χ1) is 7.59. The van der Waals surface area contributed by atoms with Gasteiger partial charge in [0.1, 0.15) is 5.76 Å². The second-order valence-corrected chi connectivity index (χ2v) is 4.50. The van der Waals surface area contributed by atoms with E-state index in [0.717, 1.165) is 37.9 Å². The molecule has 1 atom stereocenters. The lowest BCUT2D eigenvalue weighted by Gasteiger charge is -2.30. The van der Waals surface area contributed by atoms with Gasteiger partial charge in [0.25, 0.3) is 0 Å². The van der Waals surface area contributed by atoms with Crippen molar-refractivity contribution in [1.82, 2.24) is 0 Å². The van der Waals surface area contributed by atoms with Crippen LogP contribution in [0.3, 0.4) is 0 Å². The van der Waals surface area contributed by atoms with Gasteiger partial charge in [-0.15, -0.1) is 6.58 Å². The second kappa shape index (κ2) is 5.73. The van der Waals surface area contributed by atoms with Crippen molar-refractivity contribution in [1.29, 1.82) is 0 Å². The number of methoxy groups -OCH3 is 1. The molecule has 1 aliphatic rings. The molecule has 0 bridgehead atoms. The molecule has 1 rings (SSSR count). The summed E-state index contributed by atoms with van der Waals surface area (Å²) in [4.78, 5) is 11.0. The van der Waals surface area contributed by atoms with Gasteiger partial charge in [0.15, 0.2) is 0 Å². The Hall–Kier alpha value is -1.25.